The zero-order valence-corrected chi connectivity index (χ0v) is 12.9. The lowest BCUT2D eigenvalue weighted by atomic mass is 10.2. The Morgan fingerprint density at radius 1 is 1.14 bits per heavy atom. The summed E-state index contributed by atoms with van der Waals surface area (Å²) < 4.78 is 12.6. The predicted octanol–water partition coefficient (Wildman–Crippen LogP) is 2.90. The first-order valence-corrected chi connectivity index (χ1v) is 7.47. The Morgan fingerprint density at radius 3 is 2.52 bits per heavy atom. The van der Waals surface area contributed by atoms with Crippen molar-refractivity contribution >= 4 is 16.3 Å². The van der Waals surface area contributed by atoms with E-state index in [-0.39, 0.29) is 5.92 Å². The van der Waals surface area contributed by atoms with Gasteiger partial charge in [-0.1, -0.05) is 25.2 Å². The van der Waals surface area contributed by atoms with Crippen molar-refractivity contribution in [2.24, 2.45) is 0 Å². The molecule has 1 aromatic carbocycles. The molecule has 110 valence electrons. The molecule has 2 heterocycles. The quantitative estimate of drug-likeness (QED) is 0.725. The van der Waals surface area contributed by atoms with Gasteiger partial charge in [0, 0.05) is 5.92 Å². The van der Waals surface area contributed by atoms with Crippen molar-refractivity contribution in [3.8, 4) is 11.5 Å². The molecule has 0 aliphatic heterocycles. The van der Waals surface area contributed by atoms with E-state index in [0.717, 1.165) is 27.3 Å². The lowest BCUT2D eigenvalue weighted by molar-refractivity contribution is 0.303. The zero-order valence-electron chi connectivity index (χ0n) is 12.1. The number of hydrogen-bond acceptors (Lipinski definition) is 6. The Bertz CT molecular complexity index is 733. The molecule has 0 saturated heterocycles. The molecular formula is C14H16N4O2S. The summed E-state index contributed by atoms with van der Waals surface area (Å²) in [4.78, 5) is 0.798. The zero-order chi connectivity index (χ0) is 14.8. The summed E-state index contributed by atoms with van der Waals surface area (Å²) in [5, 5.41) is 13.7. The number of methoxy groups -OCH3 is 1. The predicted molar refractivity (Wildman–Crippen MR) is 80.1 cm³/mol. The fourth-order valence-corrected chi connectivity index (χ4v) is 2.66. The van der Waals surface area contributed by atoms with Crippen LogP contribution in [-0.4, -0.2) is 26.9 Å². The SMILES string of the molecule is COc1ccc(OCc2nn3c(C(C)C)nnc3s2)cc1. The third kappa shape index (κ3) is 2.82. The molecule has 7 heteroatoms. The van der Waals surface area contributed by atoms with E-state index in [4.69, 9.17) is 9.47 Å². The molecule has 21 heavy (non-hydrogen) atoms. The van der Waals surface area contributed by atoms with E-state index in [1.54, 1.807) is 11.6 Å². The third-order valence-corrected chi connectivity index (χ3v) is 3.87. The lowest BCUT2D eigenvalue weighted by Crippen LogP contribution is -2.00. The number of aromatic nitrogens is 4. The summed E-state index contributed by atoms with van der Waals surface area (Å²) in [5.41, 5.74) is 0. The van der Waals surface area contributed by atoms with Crippen LogP contribution in [0.25, 0.3) is 4.96 Å². The smallest absolute Gasteiger partial charge is 0.234 e. The van der Waals surface area contributed by atoms with Crippen LogP contribution in [0.3, 0.4) is 0 Å². The first-order valence-electron chi connectivity index (χ1n) is 6.65. The molecule has 0 atom stereocenters. The molecule has 0 amide bonds. The van der Waals surface area contributed by atoms with Crippen LogP contribution in [0.2, 0.25) is 0 Å². The number of benzene rings is 1. The van der Waals surface area contributed by atoms with Gasteiger partial charge in [-0.05, 0) is 24.3 Å². The minimum absolute atomic E-state index is 0.289. The number of hydrogen-bond donors (Lipinski definition) is 0. The van der Waals surface area contributed by atoms with Gasteiger partial charge in [0.25, 0.3) is 0 Å². The van der Waals surface area contributed by atoms with Gasteiger partial charge in [-0.15, -0.1) is 10.2 Å². The van der Waals surface area contributed by atoms with Crippen molar-refractivity contribution in [2.75, 3.05) is 7.11 Å². The molecule has 0 bridgehead atoms. The highest BCUT2D eigenvalue weighted by Crippen LogP contribution is 2.21. The highest BCUT2D eigenvalue weighted by atomic mass is 32.1. The Morgan fingerprint density at radius 2 is 1.86 bits per heavy atom. The van der Waals surface area contributed by atoms with Gasteiger partial charge < -0.3 is 9.47 Å². The molecule has 6 nitrogen and oxygen atoms in total. The van der Waals surface area contributed by atoms with Gasteiger partial charge in [0.1, 0.15) is 18.1 Å². The van der Waals surface area contributed by atoms with Gasteiger partial charge in [0.15, 0.2) is 10.8 Å². The minimum Gasteiger partial charge on any atom is -0.497 e. The Balaban J connectivity index is 1.72. The van der Waals surface area contributed by atoms with Crippen molar-refractivity contribution < 1.29 is 9.47 Å². The maximum absolute atomic E-state index is 5.72. The Labute approximate surface area is 126 Å². The monoisotopic (exact) mass is 304 g/mol. The van der Waals surface area contributed by atoms with E-state index in [1.807, 2.05) is 24.3 Å². The van der Waals surface area contributed by atoms with Crippen molar-refractivity contribution in [1.29, 1.82) is 0 Å². The van der Waals surface area contributed by atoms with Crippen LogP contribution in [0, 0.1) is 0 Å². The van der Waals surface area contributed by atoms with E-state index >= 15 is 0 Å². The molecule has 0 spiro atoms. The minimum atomic E-state index is 0.289. The maximum Gasteiger partial charge on any atom is 0.234 e. The van der Waals surface area contributed by atoms with Crippen molar-refractivity contribution in [1.82, 2.24) is 19.8 Å². The van der Waals surface area contributed by atoms with Gasteiger partial charge in [0.2, 0.25) is 4.96 Å². The van der Waals surface area contributed by atoms with Crippen molar-refractivity contribution in [2.45, 2.75) is 26.4 Å². The second-order valence-electron chi connectivity index (χ2n) is 4.87. The average molecular weight is 304 g/mol. The standard InChI is InChI=1S/C14H16N4O2S/c1-9(2)13-15-16-14-18(13)17-12(21-14)8-20-11-6-4-10(19-3)5-7-11/h4-7,9H,8H2,1-3H3. The number of rotatable bonds is 5. The van der Waals surface area contributed by atoms with Gasteiger partial charge >= 0.3 is 0 Å². The van der Waals surface area contributed by atoms with Gasteiger partial charge in [0.05, 0.1) is 7.11 Å². The van der Waals surface area contributed by atoms with Crippen molar-refractivity contribution in [3.63, 3.8) is 0 Å². The number of ether oxygens (including phenoxy) is 2. The first-order chi connectivity index (χ1) is 10.2. The van der Waals surface area contributed by atoms with Crippen LogP contribution in [-0.2, 0) is 6.61 Å². The van der Waals surface area contributed by atoms with Gasteiger partial charge in [-0.25, -0.2) is 0 Å². The summed E-state index contributed by atoms with van der Waals surface area (Å²) in [5.74, 6) is 2.75. The highest BCUT2D eigenvalue weighted by molar-refractivity contribution is 7.16. The summed E-state index contributed by atoms with van der Waals surface area (Å²) in [6.07, 6.45) is 0. The Kier molecular flexibility index (Phi) is 3.74. The van der Waals surface area contributed by atoms with Crippen LogP contribution < -0.4 is 9.47 Å². The van der Waals surface area contributed by atoms with E-state index in [2.05, 4.69) is 29.1 Å². The first kappa shape index (κ1) is 13.8. The molecule has 0 N–H and O–H groups in total. The van der Waals surface area contributed by atoms with E-state index in [1.165, 1.54) is 11.3 Å². The largest absolute Gasteiger partial charge is 0.497 e. The van der Waals surface area contributed by atoms with Crippen molar-refractivity contribution in [3.05, 3.63) is 35.1 Å². The van der Waals surface area contributed by atoms with Crippen LogP contribution in [0.15, 0.2) is 24.3 Å². The fourth-order valence-electron chi connectivity index (χ4n) is 1.91. The molecule has 0 saturated carbocycles. The van der Waals surface area contributed by atoms with Crippen LogP contribution >= 0.6 is 11.3 Å². The molecule has 3 rings (SSSR count). The van der Waals surface area contributed by atoms with E-state index < -0.39 is 0 Å². The fraction of sp³-hybridized carbons (Fsp3) is 0.357. The summed E-state index contributed by atoms with van der Waals surface area (Å²) in [6, 6.07) is 7.48. The molecule has 0 aliphatic carbocycles. The lowest BCUT2D eigenvalue weighted by Gasteiger charge is -2.04. The Hall–Kier alpha value is -2.15. The maximum atomic E-state index is 5.72. The molecule has 2 aromatic heterocycles. The molecular weight excluding hydrogens is 288 g/mol. The van der Waals surface area contributed by atoms with Gasteiger partial charge in [-0.3, -0.25) is 0 Å². The average Bonchev–Trinajstić information content (AvgIpc) is 3.05. The second kappa shape index (κ2) is 5.69. The van der Waals surface area contributed by atoms with Crippen LogP contribution in [0.1, 0.15) is 30.6 Å². The molecule has 3 aromatic rings. The molecule has 0 fully saturated rings. The molecule has 0 radical (unpaired) electrons. The highest BCUT2D eigenvalue weighted by Gasteiger charge is 2.14. The number of nitrogens with zero attached hydrogens (tertiary/aromatic N) is 4. The topological polar surface area (TPSA) is 61.5 Å². The summed E-state index contributed by atoms with van der Waals surface area (Å²) >= 11 is 1.49. The van der Waals surface area contributed by atoms with Gasteiger partial charge in [-0.2, -0.15) is 9.61 Å². The molecule has 0 aliphatic rings. The van der Waals surface area contributed by atoms with Crippen LogP contribution in [0.5, 0.6) is 11.5 Å². The van der Waals surface area contributed by atoms with Crippen LogP contribution in [0.4, 0.5) is 0 Å². The van der Waals surface area contributed by atoms with E-state index in [9.17, 15) is 0 Å². The second-order valence-corrected chi connectivity index (χ2v) is 5.91. The third-order valence-electron chi connectivity index (χ3n) is 2.99. The summed E-state index contributed by atoms with van der Waals surface area (Å²) in [6.45, 7) is 4.56. The molecule has 0 unspecified atom stereocenters. The normalized spacial score (nSPS) is 11.2. The van der Waals surface area contributed by atoms with E-state index in [0.29, 0.717) is 6.61 Å². The summed E-state index contributed by atoms with van der Waals surface area (Å²) in [7, 11) is 1.64. The number of fused-ring (bicyclic) bond motifs is 1.